The van der Waals surface area contributed by atoms with Gasteiger partial charge in [-0.2, -0.15) is 0 Å². The number of benzene rings is 2. The third kappa shape index (κ3) is 4.18. The van der Waals surface area contributed by atoms with Crippen molar-refractivity contribution >= 4 is 5.69 Å². The van der Waals surface area contributed by atoms with E-state index < -0.39 is 0 Å². The number of rotatable bonds is 6. The average Bonchev–Trinajstić information content (AvgIpc) is 2.42. The van der Waals surface area contributed by atoms with Gasteiger partial charge >= 0.3 is 0 Å². The molecule has 0 saturated carbocycles. The van der Waals surface area contributed by atoms with Crippen LogP contribution in [0.2, 0.25) is 0 Å². The van der Waals surface area contributed by atoms with Crippen molar-refractivity contribution in [3.8, 4) is 0 Å². The van der Waals surface area contributed by atoms with Gasteiger partial charge < -0.3 is 10.6 Å². The lowest BCUT2D eigenvalue weighted by molar-refractivity contribution is 0.628. The molecule has 0 aliphatic rings. The van der Waals surface area contributed by atoms with E-state index in [1.54, 1.807) is 12.1 Å². The van der Waals surface area contributed by atoms with Crippen LogP contribution in [0.4, 0.5) is 10.1 Å². The van der Waals surface area contributed by atoms with Crippen LogP contribution >= 0.6 is 0 Å². The molecule has 2 nitrogen and oxygen atoms in total. The number of hydrogen-bond acceptors (Lipinski definition) is 2. The molecule has 0 aromatic heterocycles. The third-order valence-corrected chi connectivity index (χ3v) is 2.65. The molecule has 0 unspecified atom stereocenters. The minimum absolute atomic E-state index is 0.206. The minimum Gasteiger partial charge on any atom is -0.384 e. The molecule has 0 atom stereocenters. The van der Waals surface area contributed by atoms with Crippen LogP contribution in [-0.2, 0) is 6.54 Å². The Morgan fingerprint density at radius 2 is 1.56 bits per heavy atom. The first-order valence-electron chi connectivity index (χ1n) is 6.09. The van der Waals surface area contributed by atoms with Crippen molar-refractivity contribution in [3.05, 3.63) is 66.0 Å². The number of anilines is 1. The lowest BCUT2D eigenvalue weighted by Crippen LogP contribution is -2.21. The van der Waals surface area contributed by atoms with Gasteiger partial charge in [0.1, 0.15) is 5.82 Å². The van der Waals surface area contributed by atoms with Crippen molar-refractivity contribution in [2.24, 2.45) is 0 Å². The Labute approximate surface area is 107 Å². The summed E-state index contributed by atoms with van der Waals surface area (Å²) >= 11 is 0. The van der Waals surface area contributed by atoms with E-state index in [4.69, 9.17) is 0 Å². The Balaban J connectivity index is 1.63. The van der Waals surface area contributed by atoms with Gasteiger partial charge in [-0.25, -0.2) is 4.39 Å². The molecule has 0 bridgehead atoms. The van der Waals surface area contributed by atoms with Gasteiger partial charge in [0, 0.05) is 25.3 Å². The highest BCUT2D eigenvalue weighted by molar-refractivity contribution is 5.42. The molecule has 0 aliphatic carbocycles. The average molecular weight is 244 g/mol. The maximum absolute atomic E-state index is 12.7. The van der Waals surface area contributed by atoms with Gasteiger partial charge in [-0.05, 0) is 29.8 Å². The van der Waals surface area contributed by atoms with Crippen molar-refractivity contribution in [1.82, 2.24) is 5.32 Å². The van der Waals surface area contributed by atoms with Gasteiger partial charge in [-0.1, -0.05) is 30.3 Å². The Morgan fingerprint density at radius 3 is 2.28 bits per heavy atom. The summed E-state index contributed by atoms with van der Waals surface area (Å²) in [6.07, 6.45) is 0. The van der Waals surface area contributed by atoms with Crippen LogP contribution in [0.3, 0.4) is 0 Å². The van der Waals surface area contributed by atoms with Crippen LogP contribution in [0, 0.1) is 5.82 Å². The minimum atomic E-state index is -0.206. The zero-order valence-electron chi connectivity index (χ0n) is 10.2. The zero-order chi connectivity index (χ0) is 12.6. The molecule has 2 N–H and O–H groups in total. The molecule has 2 rings (SSSR count). The topological polar surface area (TPSA) is 24.1 Å². The molecule has 3 heteroatoms. The quantitative estimate of drug-likeness (QED) is 0.763. The molecule has 94 valence electrons. The molecule has 0 heterocycles. The molecule has 0 amide bonds. The number of hydrogen-bond donors (Lipinski definition) is 2. The zero-order valence-corrected chi connectivity index (χ0v) is 10.2. The Morgan fingerprint density at radius 1 is 0.833 bits per heavy atom. The lowest BCUT2D eigenvalue weighted by atomic mass is 10.2. The summed E-state index contributed by atoms with van der Waals surface area (Å²) in [6, 6.07) is 16.7. The highest BCUT2D eigenvalue weighted by Crippen LogP contribution is 2.07. The van der Waals surface area contributed by atoms with Crippen LogP contribution in [0.15, 0.2) is 54.6 Å². The second kappa shape index (κ2) is 6.77. The van der Waals surface area contributed by atoms with Gasteiger partial charge in [0.05, 0.1) is 0 Å². The fraction of sp³-hybridized carbons (Fsp3) is 0.200. The predicted octanol–water partition coefficient (Wildman–Crippen LogP) is 3.03. The van der Waals surface area contributed by atoms with Gasteiger partial charge in [0.25, 0.3) is 0 Å². The largest absolute Gasteiger partial charge is 0.384 e. The van der Waals surface area contributed by atoms with E-state index in [0.717, 1.165) is 25.3 Å². The fourth-order valence-corrected chi connectivity index (χ4v) is 1.69. The van der Waals surface area contributed by atoms with Crippen molar-refractivity contribution in [2.75, 3.05) is 18.4 Å². The standard InChI is InChI=1S/C15H17FN2/c16-14-6-8-15(9-7-14)18-11-10-17-12-13-4-2-1-3-5-13/h1-9,17-18H,10-12H2. The van der Waals surface area contributed by atoms with Crippen LogP contribution < -0.4 is 10.6 Å². The molecule has 0 aliphatic heterocycles. The van der Waals surface area contributed by atoms with E-state index in [9.17, 15) is 4.39 Å². The van der Waals surface area contributed by atoms with Crippen molar-refractivity contribution in [1.29, 1.82) is 0 Å². The molecule has 0 radical (unpaired) electrons. The molecule has 2 aromatic rings. The van der Waals surface area contributed by atoms with E-state index in [1.807, 2.05) is 18.2 Å². The third-order valence-electron chi connectivity index (χ3n) is 2.65. The molecule has 0 saturated heterocycles. The van der Waals surface area contributed by atoms with Gasteiger partial charge in [0.15, 0.2) is 0 Å². The monoisotopic (exact) mass is 244 g/mol. The Kier molecular flexibility index (Phi) is 4.73. The summed E-state index contributed by atoms with van der Waals surface area (Å²) in [4.78, 5) is 0. The van der Waals surface area contributed by atoms with Gasteiger partial charge in [0.2, 0.25) is 0 Å². The number of halogens is 1. The number of nitrogens with one attached hydrogen (secondary N) is 2. The Bertz CT molecular complexity index is 454. The summed E-state index contributed by atoms with van der Waals surface area (Å²) in [5.74, 6) is -0.206. The summed E-state index contributed by atoms with van der Waals surface area (Å²) < 4.78 is 12.7. The molecular weight excluding hydrogens is 227 g/mol. The predicted molar refractivity (Wildman–Crippen MR) is 73.0 cm³/mol. The molecular formula is C15H17FN2. The van der Waals surface area contributed by atoms with Crippen molar-refractivity contribution in [2.45, 2.75) is 6.54 Å². The first-order valence-corrected chi connectivity index (χ1v) is 6.09. The second-order valence-electron chi connectivity index (χ2n) is 4.10. The normalized spacial score (nSPS) is 10.3. The second-order valence-corrected chi connectivity index (χ2v) is 4.10. The SMILES string of the molecule is Fc1ccc(NCCNCc2ccccc2)cc1. The summed E-state index contributed by atoms with van der Waals surface area (Å²) in [5, 5.41) is 6.58. The highest BCUT2D eigenvalue weighted by Gasteiger charge is 1.93. The molecule has 18 heavy (non-hydrogen) atoms. The Hall–Kier alpha value is -1.87. The summed E-state index contributed by atoms with van der Waals surface area (Å²) in [7, 11) is 0. The van der Waals surface area contributed by atoms with Crippen molar-refractivity contribution in [3.63, 3.8) is 0 Å². The smallest absolute Gasteiger partial charge is 0.123 e. The van der Waals surface area contributed by atoms with Crippen LogP contribution in [0.25, 0.3) is 0 Å². The first kappa shape index (κ1) is 12.6. The van der Waals surface area contributed by atoms with Crippen LogP contribution in [0.5, 0.6) is 0 Å². The highest BCUT2D eigenvalue weighted by atomic mass is 19.1. The van der Waals surface area contributed by atoms with Crippen LogP contribution in [-0.4, -0.2) is 13.1 Å². The van der Waals surface area contributed by atoms with Gasteiger partial charge in [-0.3, -0.25) is 0 Å². The summed E-state index contributed by atoms with van der Waals surface area (Å²) in [6.45, 7) is 2.55. The van der Waals surface area contributed by atoms with Crippen molar-refractivity contribution < 1.29 is 4.39 Å². The van der Waals surface area contributed by atoms with E-state index in [1.165, 1.54) is 17.7 Å². The van der Waals surface area contributed by atoms with Gasteiger partial charge in [-0.15, -0.1) is 0 Å². The summed E-state index contributed by atoms with van der Waals surface area (Å²) in [5.41, 5.74) is 2.22. The fourth-order valence-electron chi connectivity index (χ4n) is 1.69. The molecule has 0 fully saturated rings. The lowest BCUT2D eigenvalue weighted by Gasteiger charge is -2.07. The van der Waals surface area contributed by atoms with E-state index in [0.29, 0.717) is 0 Å². The maximum atomic E-state index is 12.7. The van der Waals surface area contributed by atoms with Crippen LogP contribution in [0.1, 0.15) is 5.56 Å². The first-order chi connectivity index (χ1) is 8.84. The maximum Gasteiger partial charge on any atom is 0.123 e. The van der Waals surface area contributed by atoms with E-state index in [-0.39, 0.29) is 5.82 Å². The molecule has 0 spiro atoms. The van der Waals surface area contributed by atoms with E-state index in [2.05, 4.69) is 22.8 Å². The molecule has 2 aromatic carbocycles. The van der Waals surface area contributed by atoms with E-state index >= 15 is 0 Å².